The highest BCUT2D eigenvalue weighted by Gasteiger charge is 2.53. The van der Waals surface area contributed by atoms with Crippen LogP contribution in [-0.2, 0) is 23.7 Å². The fraction of sp³-hybridized carbons (Fsp3) is 0.920. The van der Waals surface area contributed by atoms with Gasteiger partial charge in [-0.15, -0.1) is 0 Å². The lowest BCUT2D eigenvalue weighted by Gasteiger charge is -2.48. The zero-order valence-electron chi connectivity index (χ0n) is 23.5. The van der Waals surface area contributed by atoms with Crippen molar-refractivity contribution < 1.29 is 90.1 Å². The van der Waals surface area contributed by atoms with E-state index in [1.54, 1.807) is 0 Å². The third-order valence-corrected chi connectivity index (χ3v) is 8.48. The molecule has 256 valence electrons. The van der Waals surface area contributed by atoms with Crippen LogP contribution in [0.15, 0.2) is 11.6 Å². The van der Waals surface area contributed by atoms with Crippen molar-refractivity contribution in [3.63, 3.8) is 0 Å². The molecular weight excluding hydrogens is 602 g/mol. The van der Waals surface area contributed by atoms with Crippen molar-refractivity contribution in [3.8, 4) is 0 Å². The Labute approximate surface area is 250 Å². The molecule has 0 bridgehead atoms. The van der Waals surface area contributed by atoms with Gasteiger partial charge < -0.3 is 95.4 Å². The number of hydrogen-bond donors (Lipinski definition) is 14. The summed E-state index contributed by atoms with van der Waals surface area (Å²) >= 11 is 0. The fourth-order valence-electron chi connectivity index (χ4n) is 5.81. The zero-order valence-corrected chi connectivity index (χ0v) is 23.5. The number of nitrogens with one attached hydrogen (secondary N) is 1. The van der Waals surface area contributed by atoms with Gasteiger partial charge in [0.25, 0.3) is 0 Å². The summed E-state index contributed by atoms with van der Waals surface area (Å²) in [4.78, 5) is 0. The van der Waals surface area contributed by atoms with Crippen LogP contribution in [0, 0.1) is 0 Å². The molecule has 0 radical (unpaired) electrons. The second kappa shape index (κ2) is 14.8. The summed E-state index contributed by atoms with van der Waals surface area (Å²) in [5.41, 5.74) is 0.0225. The minimum atomic E-state index is -1.93. The highest BCUT2D eigenvalue weighted by molar-refractivity contribution is 5.22. The van der Waals surface area contributed by atoms with Crippen LogP contribution in [0.25, 0.3) is 0 Å². The van der Waals surface area contributed by atoms with E-state index in [0.29, 0.717) is 0 Å². The van der Waals surface area contributed by atoms with Gasteiger partial charge in [-0.25, -0.2) is 0 Å². The standard InChI is InChI=1S/C25H43NO18/c1-6-11(26-8-2-7(3-27)12(30)15(33)13(8)31)14(32)19(37)24(40-6)43-22-10(5-29)42-25(20(38)17(22)35)44-21-9(4-28)41-23(39)18(36)16(21)34/h2,6,8-39H,3-5H2,1H3/t6?,8-,9?,10?,11+,12+,13-,14?,15-,16?,17?,18-,19-,20-,21+,22+,23+,24+,25+/m0/s1. The molecule has 0 saturated carbocycles. The molecule has 4 aliphatic rings. The number of aliphatic hydroxyl groups excluding tert-OH is 13. The predicted molar refractivity (Wildman–Crippen MR) is 138 cm³/mol. The average Bonchev–Trinajstić information content (AvgIpc) is 3.00. The molecule has 0 aromatic carbocycles. The normalized spacial score (nSPS) is 52.0. The molecule has 3 heterocycles. The van der Waals surface area contributed by atoms with E-state index in [1.807, 2.05) is 0 Å². The van der Waals surface area contributed by atoms with Gasteiger partial charge in [0.15, 0.2) is 18.9 Å². The van der Waals surface area contributed by atoms with E-state index in [9.17, 15) is 66.4 Å². The van der Waals surface area contributed by atoms with E-state index in [2.05, 4.69) is 5.32 Å². The number of aliphatic hydroxyl groups is 13. The lowest BCUT2D eigenvalue weighted by Crippen LogP contribution is -2.68. The van der Waals surface area contributed by atoms with E-state index >= 15 is 0 Å². The van der Waals surface area contributed by atoms with Crippen LogP contribution >= 0.6 is 0 Å². The third kappa shape index (κ3) is 6.96. The molecule has 3 saturated heterocycles. The second-order valence-electron chi connectivity index (χ2n) is 11.4. The van der Waals surface area contributed by atoms with E-state index in [-0.39, 0.29) is 5.57 Å². The van der Waals surface area contributed by atoms with Crippen molar-refractivity contribution in [1.82, 2.24) is 5.32 Å². The first kappa shape index (κ1) is 35.8. The smallest absolute Gasteiger partial charge is 0.187 e. The SMILES string of the molecule is CC1O[C@H](O[C@@H]2C(CO)O[C@H](O[C@@H]3C(CO)O[C@@H](O)[C@@H](O)C3O)[C@@H](O)C2O)[C@@H](O)C(O)[C@@H]1N[C@H]1C=C(CO)[C@@H](O)[C@H](O)[C@H]1O. The van der Waals surface area contributed by atoms with Crippen LogP contribution in [0.1, 0.15) is 6.92 Å². The molecule has 6 unspecified atom stereocenters. The molecule has 3 aliphatic heterocycles. The second-order valence-corrected chi connectivity index (χ2v) is 11.4. The molecule has 19 heteroatoms. The molecule has 19 atom stereocenters. The molecule has 0 amide bonds. The van der Waals surface area contributed by atoms with Crippen LogP contribution < -0.4 is 5.32 Å². The monoisotopic (exact) mass is 645 g/mol. The van der Waals surface area contributed by atoms with Crippen molar-refractivity contribution in [3.05, 3.63) is 11.6 Å². The number of hydrogen-bond acceptors (Lipinski definition) is 19. The van der Waals surface area contributed by atoms with Gasteiger partial charge in [0.05, 0.1) is 38.0 Å². The Hall–Kier alpha value is -1.02. The quantitative estimate of drug-likeness (QED) is 0.103. The van der Waals surface area contributed by atoms with Crippen molar-refractivity contribution in [1.29, 1.82) is 0 Å². The summed E-state index contributed by atoms with van der Waals surface area (Å²) in [5, 5.41) is 136. The van der Waals surface area contributed by atoms with Crippen molar-refractivity contribution in [2.45, 2.75) is 123 Å². The summed E-state index contributed by atoms with van der Waals surface area (Å²) in [6.07, 6.45) is -26.6. The fourth-order valence-corrected chi connectivity index (χ4v) is 5.81. The molecule has 19 nitrogen and oxygen atoms in total. The lowest BCUT2D eigenvalue weighted by atomic mass is 9.86. The summed E-state index contributed by atoms with van der Waals surface area (Å²) in [6.45, 7) is -0.753. The summed E-state index contributed by atoms with van der Waals surface area (Å²) in [6, 6.07) is -2.17. The summed E-state index contributed by atoms with van der Waals surface area (Å²) in [5.74, 6) is 0. The molecule has 14 N–H and O–H groups in total. The molecule has 1 aliphatic carbocycles. The van der Waals surface area contributed by atoms with E-state index < -0.39 is 136 Å². The number of rotatable bonds is 9. The van der Waals surface area contributed by atoms with Gasteiger partial charge in [-0.05, 0) is 12.5 Å². The number of ether oxygens (including phenoxy) is 5. The van der Waals surface area contributed by atoms with Gasteiger partial charge in [-0.2, -0.15) is 0 Å². The van der Waals surface area contributed by atoms with Gasteiger partial charge in [-0.3, -0.25) is 0 Å². The Balaban J connectivity index is 1.42. The molecule has 3 fully saturated rings. The van der Waals surface area contributed by atoms with E-state index in [4.69, 9.17) is 23.7 Å². The maximum absolute atomic E-state index is 10.9. The van der Waals surface area contributed by atoms with Crippen LogP contribution in [0.3, 0.4) is 0 Å². The predicted octanol–water partition coefficient (Wildman–Crippen LogP) is -8.56. The van der Waals surface area contributed by atoms with Crippen LogP contribution in [0.4, 0.5) is 0 Å². The van der Waals surface area contributed by atoms with Gasteiger partial charge in [0, 0.05) is 0 Å². The van der Waals surface area contributed by atoms with Crippen molar-refractivity contribution >= 4 is 0 Å². The highest BCUT2D eigenvalue weighted by Crippen LogP contribution is 2.32. The zero-order chi connectivity index (χ0) is 32.6. The Morgan fingerprint density at radius 1 is 0.636 bits per heavy atom. The Morgan fingerprint density at radius 2 is 1.16 bits per heavy atom. The van der Waals surface area contributed by atoms with Crippen LogP contribution in [-0.4, -0.2) is 203 Å². The van der Waals surface area contributed by atoms with Crippen LogP contribution in [0.5, 0.6) is 0 Å². The topological polar surface area (TPSA) is 321 Å². The minimum Gasteiger partial charge on any atom is -0.394 e. The van der Waals surface area contributed by atoms with Gasteiger partial charge in [0.2, 0.25) is 0 Å². The van der Waals surface area contributed by atoms with E-state index in [0.717, 1.165) is 0 Å². The largest absolute Gasteiger partial charge is 0.394 e. The first-order valence-corrected chi connectivity index (χ1v) is 14.1. The van der Waals surface area contributed by atoms with E-state index in [1.165, 1.54) is 13.0 Å². The molecule has 0 spiro atoms. The molecule has 0 aromatic heterocycles. The van der Waals surface area contributed by atoms with Gasteiger partial charge >= 0.3 is 0 Å². The van der Waals surface area contributed by atoms with Crippen molar-refractivity contribution in [2.24, 2.45) is 0 Å². The highest BCUT2D eigenvalue weighted by atomic mass is 16.7. The first-order valence-electron chi connectivity index (χ1n) is 14.1. The van der Waals surface area contributed by atoms with Gasteiger partial charge in [0.1, 0.15) is 79.4 Å². The maximum atomic E-state index is 10.9. The Bertz CT molecular complexity index is 958. The molecular formula is C25H43NO18. The first-order chi connectivity index (χ1) is 20.7. The summed E-state index contributed by atoms with van der Waals surface area (Å²) in [7, 11) is 0. The third-order valence-electron chi connectivity index (χ3n) is 8.48. The Kier molecular flexibility index (Phi) is 12.1. The maximum Gasteiger partial charge on any atom is 0.187 e. The van der Waals surface area contributed by atoms with Crippen molar-refractivity contribution in [2.75, 3.05) is 19.8 Å². The lowest BCUT2D eigenvalue weighted by molar-refractivity contribution is -0.373. The Morgan fingerprint density at radius 3 is 1.73 bits per heavy atom. The summed E-state index contributed by atoms with van der Waals surface area (Å²) < 4.78 is 27.4. The average molecular weight is 646 g/mol. The van der Waals surface area contributed by atoms with Gasteiger partial charge in [-0.1, -0.05) is 6.08 Å². The minimum absolute atomic E-state index is 0.0225. The van der Waals surface area contributed by atoms with Crippen LogP contribution in [0.2, 0.25) is 0 Å². The molecule has 4 rings (SSSR count). The molecule has 44 heavy (non-hydrogen) atoms. The molecule has 0 aromatic rings.